The molecular weight excluding hydrogens is 532 g/mol. The SMILES string of the molecule is CCOC(=O)c1cc2c(=O)n3cccc(C)c3nc2n(CCCOC(C)C)c1=NC(=O)C=Cc1ccc(Cl)cc1. The summed E-state index contributed by atoms with van der Waals surface area (Å²) >= 11 is 5.95. The van der Waals surface area contributed by atoms with E-state index in [9.17, 15) is 14.4 Å². The molecule has 3 heterocycles. The van der Waals surface area contributed by atoms with E-state index >= 15 is 0 Å². The molecule has 0 N–H and O–H groups in total. The van der Waals surface area contributed by atoms with Gasteiger partial charge in [0.2, 0.25) is 0 Å². The number of benzene rings is 1. The van der Waals surface area contributed by atoms with Gasteiger partial charge >= 0.3 is 5.97 Å². The second-order valence-corrected chi connectivity index (χ2v) is 9.84. The summed E-state index contributed by atoms with van der Waals surface area (Å²) < 4.78 is 14.1. The number of fused-ring (bicyclic) bond motifs is 2. The van der Waals surface area contributed by atoms with Crippen LogP contribution >= 0.6 is 11.6 Å². The number of esters is 1. The molecule has 0 bridgehead atoms. The van der Waals surface area contributed by atoms with Crippen LogP contribution in [0.1, 0.15) is 48.7 Å². The first-order valence-corrected chi connectivity index (χ1v) is 13.4. The lowest BCUT2D eigenvalue weighted by molar-refractivity contribution is -0.113. The number of amides is 1. The van der Waals surface area contributed by atoms with E-state index in [1.54, 1.807) is 54.1 Å². The number of pyridine rings is 2. The van der Waals surface area contributed by atoms with Crippen LogP contribution in [-0.2, 0) is 20.8 Å². The van der Waals surface area contributed by atoms with E-state index in [-0.39, 0.29) is 41.3 Å². The van der Waals surface area contributed by atoms with Crippen LogP contribution < -0.4 is 11.0 Å². The predicted molar refractivity (Wildman–Crippen MR) is 154 cm³/mol. The molecule has 1 aromatic carbocycles. The molecule has 10 heteroatoms. The first-order valence-electron chi connectivity index (χ1n) is 13.1. The molecule has 1 amide bonds. The summed E-state index contributed by atoms with van der Waals surface area (Å²) in [6, 6.07) is 12.0. The lowest BCUT2D eigenvalue weighted by atomic mass is 10.2. The maximum Gasteiger partial charge on any atom is 0.341 e. The first-order chi connectivity index (χ1) is 19.2. The highest BCUT2D eigenvalue weighted by molar-refractivity contribution is 6.30. The van der Waals surface area contributed by atoms with Crippen LogP contribution in [0.4, 0.5) is 0 Å². The molecule has 0 aliphatic rings. The zero-order valence-corrected chi connectivity index (χ0v) is 23.6. The van der Waals surface area contributed by atoms with Gasteiger partial charge in [-0.25, -0.2) is 9.78 Å². The zero-order valence-electron chi connectivity index (χ0n) is 22.9. The highest BCUT2D eigenvalue weighted by atomic mass is 35.5. The van der Waals surface area contributed by atoms with Crippen molar-refractivity contribution in [1.82, 2.24) is 14.0 Å². The van der Waals surface area contributed by atoms with Gasteiger partial charge in [0.15, 0.2) is 5.49 Å². The van der Waals surface area contributed by atoms with Gasteiger partial charge in [-0.2, -0.15) is 4.99 Å². The van der Waals surface area contributed by atoms with Gasteiger partial charge in [0.1, 0.15) is 16.9 Å². The minimum Gasteiger partial charge on any atom is -0.462 e. The summed E-state index contributed by atoms with van der Waals surface area (Å²) in [4.78, 5) is 48.9. The van der Waals surface area contributed by atoms with E-state index in [4.69, 9.17) is 26.1 Å². The molecule has 4 rings (SSSR count). The van der Waals surface area contributed by atoms with Gasteiger partial charge in [0.05, 0.1) is 18.1 Å². The highest BCUT2D eigenvalue weighted by Crippen LogP contribution is 2.15. The Morgan fingerprint density at radius 3 is 2.60 bits per heavy atom. The fourth-order valence-electron chi connectivity index (χ4n) is 4.20. The average Bonchev–Trinajstić information content (AvgIpc) is 2.92. The quantitative estimate of drug-likeness (QED) is 0.126. The molecule has 0 spiro atoms. The topological polar surface area (TPSA) is 104 Å². The van der Waals surface area contributed by atoms with Crippen LogP contribution in [-0.4, -0.2) is 45.1 Å². The lowest BCUT2D eigenvalue weighted by Gasteiger charge is -2.16. The Labute approximate surface area is 236 Å². The predicted octanol–water partition coefficient (Wildman–Crippen LogP) is 4.74. The van der Waals surface area contributed by atoms with Crippen molar-refractivity contribution in [3.8, 4) is 0 Å². The number of carbonyl (C=O) groups is 2. The molecule has 0 aliphatic carbocycles. The molecule has 40 heavy (non-hydrogen) atoms. The molecule has 0 aliphatic heterocycles. The molecular formula is C30H31ClN4O5. The van der Waals surface area contributed by atoms with E-state index in [1.807, 2.05) is 26.8 Å². The second kappa shape index (κ2) is 12.8. The van der Waals surface area contributed by atoms with Crippen LogP contribution in [0, 0.1) is 6.92 Å². The number of aromatic nitrogens is 3. The third-order valence-corrected chi connectivity index (χ3v) is 6.33. The van der Waals surface area contributed by atoms with E-state index in [1.165, 1.54) is 16.5 Å². The van der Waals surface area contributed by atoms with Crippen molar-refractivity contribution in [2.45, 2.75) is 46.8 Å². The van der Waals surface area contributed by atoms with Crippen LogP contribution in [0.3, 0.4) is 0 Å². The molecule has 208 valence electrons. The summed E-state index contributed by atoms with van der Waals surface area (Å²) in [5.74, 6) is -1.29. The van der Waals surface area contributed by atoms with Crippen LogP contribution in [0.25, 0.3) is 22.8 Å². The summed E-state index contributed by atoms with van der Waals surface area (Å²) in [5, 5.41) is 0.788. The van der Waals surface area contributed by atoms with Crippen LogP contribution in [0.15, 0.2) is 64.5 Å². The Kier molecular flexibility index (Phi) is 9.29. The number of nitrogens with zero attached hydrogens (tertiary/aromatic N) is 4. The summed E-state index contributed by atoms with van der Waals surface area (Å²) in [7, 11) is 0. The average molecular weight is 563 g/mol. The molecule has 0 radical (unpaired) electrons. The number of rotatable bonds is 9. The van der Waals surface area contributed by atoms with Gasteiger partial charge in [-0.3, -0.25) is 14.0 Å². The van der Waals surface area contributed by atoms with E-state index < -0.39 is 11.9 Å². The van der Waals surface area contributed by atoms with Crippen molar-refractivity contribution >= 4 is 46.2 Å². The Morgan fingerprint density at radius 2 is 1.90 bits per heavy atom. The molecule has 0 unspecified atom stereocenters. The number of halogens is 1. The maximum atomic E-state index is 13.6. The van der Waals surface area contributed by atoms with Gasteiger partial charge in [-0.05, 0) is 75.6 Å². The van der Waals surface area contributed by atoms with E-state index in [0.29, 0.717) is 29.3 Å². The Hall–Kier alpha value is -4.08. The number of carbonyl (C=O) groups excluding carboxylic acids is 2. The molecule has 0 fully saturated rings. The van der Waals surface area contributed by atoms with Gasteiger partial charge in [0, 0.05) is 30.4 Å². The Morgan fingerprint density at radius 1 is 1.15 bits per heavy atom. The van der Waals surface area contributed by atoms with Crippen molar-refractivity contribution in [2.24, 2.45) is 4.99 Å². The third kappa shape index (κ3) is 6.55. The Bertz CT molecular complexity index is 1720. The van der Waals surface area contributed by atoms with Gasteiger partial charge in [-0.1, -0.05) is 29.8 Å². The fraction of sp³-hybridized carbons (Fsp3) is 0.300. The lowest BCUT2D eigenvalue weighted by Crippen LogP contribution is -2.33. The first kappa shape index (κ1) is 28.9. The van der Waals surface area contributed by atoms with Crippen LogP contribution in [0.5, 0.6) is 0 Å². The second-order valence-electron chi connectivity index (χ2n) is 9.40. The molecule has 9 nitrogen and oxygen atoms in total. The Balaban J connectivity index is 1.97. The van der Waals surface area contributed by atoms with Gasteiger partial charge < -0.3 is 14.0 Å². The maximum absolute atomic E-state index is 13.6. The largest absolute Gasteiger partial charge is 0.462 e. The zero-order chi connectivity index (χ0) is 28.8. The van der Waals surface area contributed by atoms with Crippen molar-refractivity contribution in [2.75, 3.05) is 13.2 Å². The smallest absolute Gasteiger partial charge is 0.341 e. The van der Waals surface area contributed by atoms with E-state index in [2.05, 4.69) is 4.99 Å². The molecule has 4 aromatic rings. The molecule has 0 saturated heterocycles. The van der Waals surface area contributed by atoms with Gasteiger partial charge in [0.25, 0.3) is 11.5 Å². The highest BCUT2D eigenvalue weighted by Gasteiger charge is 2.20. The third-order valence-electron chi connectivity index (χ3n) is 6.08. The molecule has 3 aromatic heterocycles. The monoisotopic (exact) mass is 562 g/mol. The number of ether oxygens (including phenoxy) is 2. The normalized spacial score (nSPS) is 12.2. The van der Waals surface area contributed by atoms with Crippen molar-refractivity contribution in [3.05, 3.63) is 92.3 Å². The van der Waals surface area contributed by atoms with Gasteiger partial charge in [-0.15, -0.1) is 0 Å². The standard InChI is InChI=1S/C30H31ClN4O5/c1-5-39-30(38)24-18-23-27(33-26-20(4)8-6-15-35(26)29(23)37)34(16-7-17-40-19(2)3)28(24)32-25(36)14-11-21-9-12-22(31)13-10-21/h6,8-15,18-19H,5,7,16-17H2,1-4H3. The number of hydrogen-bond donors (Lipinski definition) is 0. The minimum atomic E-state index is -0.696. The van der Waals surface area contributed by atoms with Crippen molar-refractivity contribution < 1.29 is 19.1 Å². The summed E-state index contributed by atoms with van der Waals surface area (Å²) in [5.41, 5.74) is 2.05. The minimum absolute atomic E-state index is 0.00104. The fourth-order valence-corrected chi connectivity index (χ4v) is 4.33. The van der Waals surface area contributed by atoms with Crippen molar-refractivity contribution in [3.63, 3.8) is 0 Å². The van der Waals surface area contributed by atoms with E-state index in [0.717, 1.165) is 11.1 Å². The van der Waals surface area contributed by atoms with Crippen molar-refractivity contribution in [1.29, 1.82) is 0 Å². The molecule has 0 atom stereocenters. The molecule has 0 saturated carbocycles. The number of hydrogen-bond acceptors (Lipinski definition) is 6. The summed E-state index contributed by atoms with van der Waals surface area (Å²) in [6.07, 6.45) is 5.10. The van der Waals surface area contributed by atoms with Crippen LogP contribution in [0.2, 0.25) is 5.02 Å². The summed E-state index contributed by atoms with van der Waals surface area (Å²) in [6.45, 7) is 8.24. The number of aryl methyl sites for hydroxylation is 2.